The Kier molecular flexibility index (Phi) is 4.07. The molecule has 4 heteroatoms. The summed E-state index contributed by atoms with van der Waals surface area (Å²) in [7, 11) is 0. The molecule has 0 aliphatic heterocycles. The third kappa shape index (κ3) is 3.09. The molecule has 1 heterocycles. The van der Waals surface area contributed by atoms with Crippen LogP contribution in [0.2, 0.25) is 0 Å². The van der Waals surface area contributed by atoms with Crippen molar-refractivity contribution in [2.75, 3.05) is 5.75 Å². The maximum absolute atomic E-state index is 12.0. The Morgan fingerprint density at radius 3 is 2.67 bits per heavy atom. The van der Waals surface area contributed by atoms with Crippen LogP contribution in [0.4, 0.5) is 0 Å². The Balaban J connectivity index is 1.93. The van der Waals surface area contributed by atoms with Gasteiger partial charge in [-0.15, -0.1) is 11.3 Å². The fraction of sp³-hybridized carbons (Fsp3) is 0.643. The molecule has 0 saturated heterocycles. The van der Waals surface area contributed by atoms with E-state index in [2.05, 4.69) is 44.8 Å². The van der Waals surface area contributed by atoms with Gasteiger partial charge in [0.1, 0.15) is 0 Å². The van der Waals surface area contributed by atoms with E-state index in [-0.39, 0.29) is 17.4 Å². The number of nitrogens with one attached hydrogen (secondary N) is 1. The van der Waals surface area contributed by atoms with Gasteiger partial charge in [-0.1, -0.05) is 0 Å². The summed E-state index contributed by atoms with van der Waals surface area (Å²) in [6.45, 7) is 6.29. The summed E-state index contributed by atoms with van der Waals surface area (Å²) < 4.78 is 0. The maximum Gasteiger partial charge on any atom is 0.221 e. The van der Waals surface area contributed by atoms with Crippen molar-refractivity contribution in [1.29, 1.82) is 0 Å². The van der Waals surface area contributed by atoms with Crippen LogP contribution in [0, 0.1) is 19.3 Å². The van der Waals surface area contributed by atoms with Crippen LogP contribution >= 0.6 is 24.0 Å². The second-order valence-corrected chi connectivity index (χ2v) is 7.27. The highest BCUT2D eigenvalue weighted by Crippen LogP contribution is 2.49. The maximum atomic E-state index is 12.0. The third-order valence-electron chi connectivity index (χ3n) is 3.75. The molecule has 0 bridgehead atoms. The van der Waals surface area contributed by atoms with Gasteiger partial charge in [-0.2, -0.15) is 12.6 Å². The molecule has 1 unspecified atom stereocenters. The molecule has 2 rings (SSSR count). The first kappa shape index (κ1) is 13.9. The quantitative estimate of drug-likeness (QED) is 0.794. The van der Waals surface area contributed by atoms with Crippen molar-refractivity contribution in [3.05, 3.63) is 21.4 Å². The van der Waals surface area contributed by atoms with Crippen molar-refractivity contribution in [2.45, 2.75) is 46.1 Å². The van der Waals surface area contributed by atoms with Crippen LogP contribution in [0.1, 0.15) is 47.5 Å². The molecule has 0 spiro atoms. The fourth-order valence-corrected chi connectivity index (χ4v) is 3.81. The zero-order valence-electron chi connectivity index (χ0n) is 11.2. The number of hydrogen-bond acceptors (Lipinski definition) is 3. The summed E-state index contributed by atoms with van der Waals surface area (Å²) in [4.78, 5) is 14.6. The third-order valence-corrected chi connectivity index (χ3v) is 5.40. The summed E-state index contributed by atoms with van der Waals surface area (Å²) in [5, 5.41) is 3.11. The number of amides is 1. The zero-order chi connectivity index (χ0) is 13.3. The first-order chi connectivity index (χ1) is 8.46. The van der Waals surface area contributed by atoms with Crippen molar-refractivity contribution in [1.82, 2.24) is 5.32 Å². The van der Waals surface area contributed by atoms with Crippen molar-refractivity contribution in [2.24, 2.45) is 5.41 Å². The van der Waals surface area contributed by atoms with Crippen LogP contribution in [-0.2, 0) is 4.79 Å². The monoisotopic (exact) mass is 283 g/mol. The number of hydrogen-bond donors (Lipinski definition) is 2. The number of carbonyl (C=O) groups excluding carboxylic acids is 1. The minimum absolute atomic E-state index is 0.109. The average Bonchev–Trinajstić information content (AvgIpc) is 2.97. The molecule has 1 amide bonds. The van der Waals surface area contributed by atoms with E-state index < -0.39 is 0 Å². The number of thiophene rings is 1. The molecule has 0 aromatic carbocycles. The standard InChI is InChI=1S/C14H21NOS2/c1-9-6-12(11(3)18-9)10(2)15-13(16)7-14(8-17)4-5-14/h6,10,17H,4-5,7-8H2,1-3H3,(H,15,16). The molecule has 1 aliphatic carbocycles. The fourth-order valence-electron chi connectivity index (χ4n) is 2.36. The lowest BCUT2D eigenvalue weighted by Crippen LogP contribution is -2.29. The van der Waals surface area contributed by atoms with Crippen LogP contribution < -0.4 is 5.32 Å². The molecule has 18 heavy (non-hydrogen) atoms. The predicted octanol–water partition coefficient (Wildman–Crippen LogP) is 3.64. The lowest BCUT2D eigenvalue weighted by atomic mass is 10.0. The molecule has 100 valence electrons. The Hall–Kier alpha value is -0.480. The molecule has 1 aromatic heterocycles. The molecule has 1 aliphatic rings. The van der Waals surface area contributed by atoms with Gasteiger partial charge in [0.2, 0.25) is 5.91 Å². The summed E-state index contributed by atoms with van der Waals surface area (Å²) in [6, 6.07) is 2.29. The predicted molar refractivity (Wildman–Crippen MR) is 80.5 cm³/mol. The molecule has 1 aromatic rings. The summed E-state index contributed by atoms with van der Waals surface area (Å²) >= 11 is 6.13. The normalized spacial score (nSPS) is 18.4. The molecule has 1 atom stereocenters. The van der Waals surface area contributed by atoms with E-state index in [4.69, 9.17) is 0 Å². The lowest BCUT2D eigenvalue weighted by molar-refractivity contribution is -0.122. The van der Waals surface area contributed by atoms with Crippen molar-refractivity contribution in [3.8, 4) is 0 Å². The molecule has 1 N–H and O–H groups in total. The Morgan fingerprint density at radius 2 is 2.22 bits per heavy atom. The molecule has 1 saturated carbocycles. The van der Waals surface area contributed by atoms with Gasteiger partial charge in [-0.05, 0) is 56.4 Å². The van der Waals surface area contributed by atoms with Gasteiger partial charge >= 0.3 is 0 Å². The van der Waals surface area contributed by atoms with Gasteiger partial charge in [0.25, 0.3) is 0 Å². The van der Waals surface area contributed by atoms with Crippen molar-refractivity contribution >= 4 is 29.9 Å². The van der Waals surface area contributed by atoms with E-state index in [0.717, 1.165) is 18.6 Å². The molecule has 2 nitrogen and oxygen atoms in total. The van der Waals surface area contributed by atoms with E-state index in [1.54, 1.807) is 11.3 Å². The summed E-state index contributed by atoms with van der Waals surface area (Å²) in [6.07, 6.45) is 2.92. The second-order valence-electron chi connectivity index (χ2n) is 5.49. The van der Waals surface area contributed by atoms with E-state index in [1.807, 2.05) is 0 Å². The molecular weight excluding hydrogens is 262 g/mol. The number of carbonyl (C=O) groups is 1. The highest BCUT2D eigenvalue weighted by molar-refractivity contribution is 7.80. The van der Waals surface area contributed by atoms with Crippen LogP contribution in [0.25, 0.3) is 0 Å². The molecular formula is C14H21NOS2. The minimum atomic E-state index is 0.109. The van der Waals surface area contributed by atoms with E-state index in [0.29, 0.717) is 6.42 Å². The first-order valence-corrected chi connectivity index (χ1v) is 7.88. The summed E-state index contributed by atoms with van der Waals surface area (Å²) in [5.41, 5.74) is 1.45. The highest BCUT2D eigenvalue weighted by Gasteiger charge is 2.43. The van der Waals surface area contributed by atoms with Crippen LogP contribution in [0.5, 0.6) is 0 Å². The zero-order valence-corrected chi connectivity index (χ0v) is 13.0. The minimum Gasteiger partial charge on any atom is -0.350 e. The van der Waals surface area contributed by atoms with Crippen molar-refractivity contribution in [3.63, 3.8) is 0 Å². The van der Waals surface area contributed by atoms with E-state index >= 15 is 0 Å². The Labute approximate surface area is 119 Å². The van der Waals surface area contributed by atoms with Gasteiger partial charge in [-0.25, -0.2) is 0 Å². The van der Waals surface area contributed by atoms with Crippen LogP contribution in [0.15, 0.2) is 6.07 Å². The topological polar surface area (TPSA) is 29.1 Å². The van der Waals surface area contributed by atoms with Crippen molar-refractivity contribution < 1.29 is 4.79 Å². The second kappa shape index (κ2) is 5.25. The summed E-state index contributed by atoms with van der Waals surface area (Å²) in [5.74, 6) is 0.989. The van der Waals surface area contributed by atoms with Gasteiger partial charge in [0.05, 0.1) is 6.04 Å². The Morgan fingerprint density at radius 1 is 1.56 bits per heavy atom. The molecule has 1 fully saturated rings. The number of rotatable bonds is 5. The Bertz CT molecular complexity index is 449. The van der Waals surface area contributed by atoms with E-state index in [9.17, 15) is 4.79 Å². The number of aryl methyl sites for hydroxylation is 2. The average molecular weight is 283 g/mol. The SMILES string of the molecule is Cc1cc(C(C)NC(=O)CC2(CS)CC2)c(C)s1. The first-order valence-electron chi connectivity index (χ1n) is 6.43. The molecule has 0 radical (unpaired) electrons. The highest BCUT2D eigenvalue weighted by atomic mass is 32.1. The number of thiol groups is 1. The lowest BCUT2D eigenvalue weighted by Gasteiger charge is -2.17. The van der Waals surface area contributed by atoms with Crippen LogP contribution in [-0.4, -0.2) is 11.7 Å². The van der Waals surface area contributed by atoms with Gasteiger partial charge in [0, 0.05) is 16.2 Å². The van der Waals surface area contributed by atoms with E-state index in [1.165, 1.54) is 15.3 Å². The van der Waals surface area contributed by atoms with Gasteiger partial charge in [0.15, 0.2) is 0 Å². The van der Waals surface area contributed by atoms with Gasteiger partial charge in [-0.3, -0.25) is 4.79 Å². The largest absolute Gasteiger partial charge is 0.350 e. The smallest absolute Gasteiger partial charge is 0.221 e. The van der Waals surface area contributed by atoms with Gasteiger partial charge < -0.3 is 5.32 Å². The van der Waals surface area contributed by atoms with Crippen LogP contribution in [0.3, 0.4) is 0 Å².